The molecule has 0 heteroatoms. The highest BCUT2D eigenvalue weighted by Gasteiger charge is 2.22. The van der Waals surface area contributed by atoms with Crippen LogP contribution in [0, 0.1) is 17.8 Å². The van der Waals surface area contributed by atoms with Crippen LogP contribution in [0.3, 0.4) is 0 Å². The minimum Gasteiger partial charge on any atom is -0.0683 e. The molecule has 0 saturated heterocycles. The van der Waals surface area contributed by atoms with Gasteiger partial charge in [-0.2, -0.15) is 0 Å². The van der Waals surface area contributed by atoms with Crippen LogP contribution in [0.1, 0.15) is 101 Å². The summed E-state index contributed by atoms with van der Waals surface area (Å²) in [6.07, 6.45) is 8.30. The monoisotopic (exact) mass is 258 g/mol. The SMILES string of the molecule is CC.CC.CCCC(C)C(CCC)C(CC)CC. The van der Waals surface area contributed by atoms with Gasteiger partial charge in [-0.3, -0.25) is 0 Å². The molecule has 0 aliphatic heterocycles. The minimum absolute atomic E-state index is 0.935. The normalized spacial score (nSPS) is 13.0. The molecule has 0 heterocycles. The topological polar surface area (TPSA) is 0 Å². The van der Waals surface area contributed by atoms with E-state index in [1.54, 1.807) is 0 Å². The van der Waals surface area contributed by atoms with Gasteiger partial charge in [0, 0.05) is 0 Å². The lowest BCUT2D eigenvalue weighted by Crippen LogP contribution is -2.21. The van der Waals surface area contributed by atoms with Crippen molar-refractivity contribution in [2.75, 3.05) is 0 Å². The van der Waals surface area contributed by atoms with Crippen LogP contribution in [0.2, 0.25) is 0 Å². The molecule has 0 radical (unpaired) electrons. The van der Waals surface area contributed by atoms with E-state index in [0.717, 1.165) is 17.8 Å². The van der Waals surface area contributed by atoms with Crippen molar-refractivity contribution in [2.24, 2.45) is 17.8 Å². The molecule has 2 atom stereocenters. The number of rotatable bonds is 8. The third-order valence-electron chi connectivity index (χ3n) is 3.75. The second kappa shape index (κ2) is 19.3. The fourth-order valence-corrected chi connectivity index (χ4v) is 2.88. The Bertz CT molecular complexity index is 113. The highest BCUT2D eigenvalue weighted by atomic mass is 14.3. The second-order valence-corrected chi connectivity index (χ2v) is 4.80. The summed E-state index contributed by atoms with van der Waals surface area (Å²) in [6.45, 7) is 19.8. The van der Waals surface area contributed by atoms with Crippen molar-refractivity contribution in [3.05, 3.63) is 0 Å². The molecule has 0 N–H and O–H groups in total. The smallest absolute Gasteiger partial charge is 0.0360 e. The first-order valence-electron chi connectivity index (χ1n) is 8.71. The highest BCUT2D eigenvalue weighted by molar-refractivity contribution is 4.73. The Labute approximate surface area is 119 Å². The lowest BCUT2D eigenvalue weighted by atomic mass is 9.75. The van der Waals surface area contributed by atoms with Gasteiger partial charge in [0.1, 0.15) is 0 Å². The van der Waals surface area contributed by atoms with Gasteiger partial charge >= 0.3 is 0 Å². The van der Waals surface area contributed by atoms with Crippen LogP contribution in [0.15, 0.2) is 0 Å². The van der Waals surface area contributed by atoms with Crippen molar-refractivity contribution in [3.8, 4) is 0 Å². The first-order chi connectivity index (χ1) is 8.71. The van der Waals surface area contributed by atoms with E-state index in [-0.39, 0.29) is 0 Å². The average molecular weight is 259 g/mol. The molecule has 2 unspecified atom stereocenters. The van der Waals surface area contributed by atoms with Gasteiger partial charge in [0.2, 0.25) is 0 Å². The van der Waals surface area contributed by atoms with Gasteiger partial charge < -0.3 is 0 Å². The van der Waals surface area contributed by atoms with E-state index in [0.29, 0.717) is 0 Å². The summed E-state index contributed by atoms with van der Waals surface area (Å²) in [5.74, 6) is 2.89. The van der Waals surface area contributed by atoms with Crippen LogP contribution in [0.4, 0.5) is 0 Å². The molecule has 0 nitrogen and oxygen atoms in total. The van der Waals surface area contributed by atoms with E-state index in [4.69, 9.17) is 0 Å². The summed E-state index contributed by atoms with van der Waals surface area (Å²) in [7, 11) is 0. The van der Waals surface area contributed by atoms with Crippen LogP contribution in [-0.2, 0) is 0 Å². The molecular weight excluding hydrogens is 216 g/mol. The van der Waals surface area contributed by atoms with Gasteiger partial charge in [-0.15, -0.1) is 0 Å². The average Bonchev–Trinajstić information content (AvgIpc) is 2.44. The summed E-state index contributed by atoms with van der Waals surface area (Å²) >= 11 is 0. The Balaban J connectivity index is -0.000000506. The molecule has 0 amide bonds. The fraction of sp³-hybridized carbons (Fsp3) is 1.00. The summed E-state index contributed by atoms with van der Waals surface area (Å²) in [6, 6.07) is 0. The molecule has 0 bridgehead atoms. The zero-order valence-electron chi connectivity index (χ0n) is 15.0. The first-order valence-corrected chi connectivity index (χ1v) is 8.71. The highest BCUT2D eigenvalue weighted by Crippen LogP contribution is 2.32. The number of hydrogen-bond acceptors (Lipinski definition) is 0. The molecule has 0 aromatic heterocycles. The summed E-state index contributed by atoms with van der Waals surface area (Å²) in [4.78, 5) is 0. The largest absolute Gasteiger partial charge is 0.0683 e. The molecule has 0 aliphatic rings. The molecule has 0 spiro atoms. The maximum absolute atomic E-state index is 2.46. The van der Waals surface area contributed by atoms with Gasteiger partial charge in [0.15, 0.2) is 0 Å². The first kappa shape index (κ1) is 23.1. The molecule has 0 fully saturated rings. The van der Waals surface area contributed by atoms with Crippen molar-refractivity contribution in [3.63, 3.8) is 0 Å². The van der Waals surface area contributed by atoms with Gasteiger partial charge in [0.25, 0.3) is 0 Å². The van der Waals surface area contributed by atoms with E-state index in [2.05, 4.69) is 34.6 Å². The third-order valence-corrected chi connectivity index (χ3v) is 3.75. The molecule has 0 aromatic rings. The quantitative estimate of drug-likeness (QED) is 0.427. The molecule has 0 aliphatic carbocycles. The van der Waals surface area contributed by atoms with Crippen molar-refractivity contribution in [1.29, 1.82) is 0 Å². The van der Waals surface area contributed by atoms with E-state index >= 15 is 0 Å². The zero-order valence-corrected chi connectivity index (χ0v) is 15.0. The Kier molecular flexibility index (Phi) is 24.8. The Hall–Kier alpha value is 0. The van der Waals surface area contributed by atoms with E-state index in [1.165, 1.54) is 38.5 Å². The van der Waals surface area contributed by atoms with Gasteiger partial charge in [0.05, 0.1) is 0 Å². The van der Waals surface area contributed by atoms with Gasteiger partial charge in [-0.1, -0.05) is 101 Å². The Morgan fingerprint density at radius 3 is 1.33 bits per heavy atom. The molecule has 0 aromatic carbocycles. The predicted molar refractivity (Wildman–Crippen MR) is 89.2 cm³/mol. The van der Waals surface area contributed by atoms with Gasteiger partial charge in [-0.25, -0.2) is 0 Å². The summed E-state index contributed by atoms with van der Waals surface area (Å²) in [5.41, 5.74) is 0. The fourth-order valence-electron chi connectivity index (χ4n) is 2.88. The van der Waals surface area contributed by atoms with E-state index in [1.807, 2.05) is 27.7 Å². The zero-order chi connectivity index (χ0) is 15.0. The van der Waals surface area contributed by atoms with Crippen molar-refractivity contribution in [2.45, 2.75) is 101 Å². The molecule has 0 saturated carbocycles. The molecule has 114 valence electrons. The van der Waals surface area contributed by atoms with E-state index in [9.17, 15) is 0 Å². The summed E-state index contributed by atoms with van der Waals surface area (Å²) < 4.78 is 0. The Morgan fingerprint density at radius 1 is 0.667 bits per heavy atom. The molecular formula is C18H42. The van der Waals surface area contributed by atoms with Crippen molar-refractivity contribution >= 4 is 0 Å². The number of hydrogen-bond donors (Lipinski definition) is 0. The van der Waals surface area contributed by atoms with Crippen LogP contribution in [0.25, 0.3) is 0 Å². The Morgan fingerprint density at radius 2 is 1.06 bits per heavy atom. The van der Waals surface area contributed by atoms with Gasteiger partial charge in [-0.05, 0) is 17.8 Å². The van der Waals surface area contributed by atoms with Crippen molar-refractivity contribution < 1.29 is 0 Å². The lowest BCUT2D eigenvalue weighted by Gasteiger charge is -2.30. The second-order valence-electron chi connectivity index (χ2n) is 4.80. The van der Waals surface area contributed by atoms with Crippen LogP contribution in [0.5, 0.6) is 0 Å². The minimum atomic E-state index is 0.935. The predicted octanol–water partition coefficient (Wildman–Crippen LogP) is 7.33. The maximum atomic E-state index is 2.46. The van der Waals surface area contributed by atoms with Crippen LogP contribution < -0.4 is 0 Å². The molecule has 18 heavy (non-hydrogen) atoms. The van der Waals surface area contributed by atoms with Crippen LogP contribution >= 0.6 is 0 Å². The standard InChI is InChI=1S/C14H30.2C2H6/c1-6-10-12(5)14(11-7-2)13(8-3)9-4;2*1-2/h12-14H,6-11H2,1-5H3;2*1-2H3. The van der Waals surface area contributed by atoms with E-state index < -0.39 is 0 Å². The molecule has 0 rings (SSSR count). The maximum Gasteiger partial charge on any atom is -0.0360 e. The third kappa shape index (κ3) is 11.1. The summed E-state index contributed by atoms with van der Waals surface area (Å²) in [5, 5.41) is 0. The van der Waals surface area contributed by atoms with Crippen LogP contribution in [-0.4, -0.2) is 0 Å². The van der Waals surface area contributed by atoms with Crippen molar-refractivity contribution in [1.82, 2.24) is 0 Å². The lowest BCUT2D eigenvalue weighted by molar-refractivity contribution is 0.200.